The molecule has 0 saturated carbocycles. The minimum Gasteiger partial charge on any atom is -0.494 e. The molecule has 0 aromatic heterocycles. The molecule has 4 heteroatoms. The molecule has 0 aliphatic carbocycles. The smallest absolute Gasteiger partial charge is 0.335 e. The predicted octanol–water partition coefficient (Wildman–Crippen LogP) is 2.01. The third kappa shape index (κ3) is 2.28. The van der Waals surface area contributed by atoms with Gasteiger partial charge in [0.1, 0.15) is 5.75 Å². The molecule has 0 saturated heterocycles. The van der Waals surface area contributed by atoms with Crippen molar-refractivity contribution >= 4 is 17.7 Å². The summed E-state index contributed by atoms with van der Waals surface area (Å²) in [5.74, 6) is -0.506. The third-order valence-electron chi connectivity index (χ3n) is 1.94. The Labute approximate surface area is 88.0 Å². The van der Waals surface area contributed by atoms with E-state index in [-0.39, 0.29) is 5.56 Å². The fourth-order valence-electron chi connectivity index (χ4n) is 1.34. The van der Waals surface area contributed by atoms with Gasteiger partial charge >= 0.3 is 5.97 Å². The summed E-state index contributed by atoms with van der Waals surface area (Å²) in [6, 6.07) is 2.91. The molecule has 1 aromatic rings. The van der Waals surface area contributed by atoms with Gasteiger partial charge in [0.25, 0.3) is 0 Å². The topological polar surface area (TPSA) is 72.5 Å². The molecule has 0 heterocycles. The quantitative estimate of drug-likeness (QED) is 0.743. The summed E-state index contributed by atoms with van der Waals surface area (Å²) in [5, 5.41) is 8.85. The summed E-state index contributed by atoms with van der Waals surface area (Å²) in [5.41, 5.74) is 6.82. The fourth-order valence-corrected chi connectivity index (χ4v) is 1.34. The SMILES string of the molecule is C/C=C\c1cc(C(=O)O)cc(N)c1OC. The van der Waals surface area contributed by atoms with E-state index in [4.69, 9.17) is 15.6 Å². The van der Waals surface area contributed by atoms with Gasteiger partial charge in [-0.05, 0) is 19.1 Å². The molecule has 80 valence electrons. The summed E-state index contributed by atoms with van der Waals surface area (Å²) in [4.78, 5) is 10.8. The van der Waals surface area contributed by atoms with E-state index >= 15 is 0 Å². The normalized spacial score (nSPS) is 10.5. The number of allylic oxidation sites excluding steroid dienone is 1. The molecule has 0 radical (unpaired) electrons. The van der Waals surface area contributed by atoms with Crippen molar-refractivity contribution in [1.29, 1.82) is 0 Å². The molecule has 3 N–H and O–H groups in total. The molecule has 0 aliphatic heterocycles. The van der Waals surface area contributed by atoms with Gasteiger partial charge < -0.3 is 15.6 Å². The number of aromatic carboxylic acids is 1. The zero-order chi connectivity index (χ0) is 11.4. The van der Waals surface area contributed by atoms with Crippen molar-refractivity contribution < 1.29 is 14.6 Å². The van der Waals surface area contributed by atoms with Crippen LogP contribution >= 0.6 is 0 Å². The highest BCUT2D eigenvalue weighted by molar-refractivity contribution is 5.91. The molecule has 0 amide bonds. The lowest BCUT2D eigenvalue weighted by atomic mass is 10.1. The standard InChI is InChI=1S/C11H13NO3/c1-3-4-7-5-8(11(13)14)6-9(12)10(7)15-2/h3-6H,12H2,1-2H3,(H,13,14)/b4-3-. The highest BCUT2D eigenvalue weighted by Crippen LogP contribution is 2.29. The van der Waals surface area contributed by atoms with Crippen LogP contribution in [-0.2, 0) is 0 Å². The van der Waals surface area contributed by atoms with E-state index < -0.39 is 5.97 Å². The van der Waals surface area contributed by atoms with E-state index in [1.165, 1.54) is 19.2 Å². The van der Waals surface area contributed by atoms with E-state index in [1.54, 1.807) is 12.2 Å². The van der Waals surface area contributed by atoms with Gasteiger partial charge in [-0.2, -0.15) is 0 Å². The Morgan fingerprint density at radius 1 is 1.53 bits per heavy atom. The summed E-state index contributed by atoms with van der Waals surface area (Å²) >= 11 is 0. The van der Waals surface area contributed by atoms with Crippen LogP contribution < -0.4 is 10.5 Å². The van der Waals surface area contributed by atoms with Gasteiger partial charge in [-0.3, -0.25) is 0 Å². The summed E-state index contributed by atoms with van der Waals surface area (Å²) in [6.45, 7) is 1.84. The molecule has 1 aromatic carbocycles. The number of nitrogen functional groups attached to an aromatic ring is 1. The molecular formula is C11H13NO3. The Kier molecular flexibility index (Phi) is 3.33. The van der Waals surface area contributed by atoms with Crippen molar-refractivity contribution in [2.45, 2.75) is 6.92 Å². The highest BCUT2D eigenvalue weighted by Gasteiger charge is 2.11. The first-order chi connectivity index (χ1) is 7.10. The van der Waals surface area contributed by atoms with E-state index in [1.807, 2.05) is 6.92 Å². The minimum absolute atomic E-state index is 0.154. The van der Waals surface area contributed by atoms with E-state index in [0.29, 0.717) is 17.0 Å². The van der Waals surface area contributed by atoms with Gasteiger partial charge in [0.05, 0.1) is 18.4 Å². The van der Waals surface area contributed by atoms with Gasteiger partial charge in [0.15, 0.2) is 0 Å². The summed E-state index contributed by atoms with van der Waals surface area (Å²) in [7, 11) is 1.50. The monoisotopic (exact) mass is 207 g/mol. The number of carboxylic acids is 1. The zero-order valence-electron chi connectivity index (χ0n) is 8.65. The van der Waals surface area contributed by atoms with Crippen LogP contribution in [0.3, 0.4) is 0 Å². The number of nitrogens with two attached hydrogens (primary N) is 1. The molecule has 0 bridgehead atoms. The number of ether oxygens (including phenoxy) is 1. The van der Waals surface area contributed by atoms with Crippen LogP contribution in [0.15, 0.2) is 18.2 Å². The van der Waals surface area contributed by atoms with Crippen molar-refractivity contribution in [3.63, 3.8) is 0 Å². The number of hydrogen-bond donors (Lipinski definition) is 2. The predicted molar refractivity (Wildman–Crippen MR) is 59.1 cm³/mol. The second kappa shape index (κ2) is 4.50. The second-order valence-corrected chi connectivity index (χ2v) is 2.99. The average Bonchev–Trinajstić information content (AvgIpc) is 2.17. The molecule has 0 fully saturated rings. The van der Waals surface area contributed by atoms with Gasteiger partial charge in [0.2, 0.25) is 0 Å². The molecule has 0 spiro atoms. The van der Waals surface area contributed by atoms with Crippen molar-refractivity contribution in [1.82, 2.24) is 0 Å². The maximum atomic E-state index is 10.8. The number of carboxylic acid groups (broad SMARTS) is 1. The third-order valence-corrected chi connectivity index (χ3v) is 1.94. The first-order valence-corrected chi connectivity index (χ1v) is 4.43. The maximum Gasteiger partial charge on any atom is 0.335 e. The fraction of sp³-hybridized carbons (Fsp3) is 0.182. The second-order valence-electron chi connectivity index (χ2n) is 2.99. The number of anilines is 1. The molecular weight excluding hydrogens is 194 g/mol. The number of methoxy groups -OCH3 is 1. The van der Waals surface area contributed by atoms with Crippen molar-refractivity contribution in [3.8, 4) is 5.75 Å². The first-order valence-electron chi connectivity index (χ1n) is 4.43. The Morgan fingerprint density at radius 2 is 2.20 bits per heavy atom. The molecule has 0 atom stereocenters. The molecule has 0 unspecified atom stereocenters. The number of rotatable bonds is 3. The minimum atomic E-state index is -1.00. The van der Waals surface area contributed by atoms with Crippen LogP contribution in [0.5, 0.6) is 5.75 Å². The van der Waals surface area contributed by atoms with E-state index in [0.717, 1.165) is 0 Å². The van der Waals surface area contributed by atoms with Crippen LogP contribution in [0.4, 0.5) is 5.69 Å². The summed E-state index contributed by atoms with van der Waals surface area (Å²) in [6.07, 6.45) is 3.55. The molecule has 4 nitrogen and oxygen atoms in total. The van der Waals surface area contributed by atoms with Gasteiger partial charge in [-0.1, -0.05) is 12.2 Å². The molecule has 0 aliphatic rings. The van der Waals surface area contributed by atoms with Gasteiger partial charge in [0, 0.05) is 5.56 Å². The van der Waals surface area contributed by atoms with Crippen LogP contribution in [0.1, 0.15) is 22.8 Å². The highest BCUT2D eigenvalue weighted by atomic mass is 16.5. The van der Waals surface area contributed by atoms with Crippen molar-refractivity contribution in [3.05, 3.63) is 29.3 Å². The van der Waals surface area contributed by atoms with Crippen LogP contribution in [-0.4, -0.2) is 18.2 Å². The lowest BCUT2D eigenvalue weighted by Crippen LogP contribution is -2.01. The van der Waals surface area contributed by atoms with Crippen LogP contribution in [0.25, 0.3) is 6.08 Å². The van der Waals surface area contributed by atoms with Crippen LogP contribution in [0, 0.1) is 0 Å². The Balaban J connectivity index is 3.38. The van der Waals surface area contributed by atoms with E-state index in [9.17, 15) is 4.79 Å². The number of benzene rings is 1. The number of carbonyl (C=O) groups is 1. The zero-order valence-corrected chi connectivity index (χ0v) is 8.65. The lowest BCUT2D eigenvalue weighted by molar-refractivity contribution is 0.0697. The van der Waals surface area contributed by atoms with E-state index in [2.05, 4.69) is 0 Å². The van der Waals surface area contributed by atoms with Crippen LogP contribution in [0.2, 0.25) is 0 Å². The Bertz CT molecular complexity index is 411. The Morgan fingerprint density at radius 3 is 2.67 bits per heavy atom. The van der Waals surface area contributed by atoms with Gasteiger partial charge in [-0.15, -0.1) is 0 Å². The Hall–Kier alpha value is -1.97. The van der Waals surface area contributed by atoms with Crippen molar-refractivity contribution in [2.24, 2.45) is 0 Å². The molecule has 15 heavy (non-hydrogen) atoms. The average molecular weight is 207 g/mol. The van der Waals surface area contributed by atoms with Gasteiger partial charge in [-0.25, -0.2) is 4.79 Å². The number of hydrogen-bond acceptors (Lipinski definition) is 3. The lowest BCUT2D eigenvalue weighted by Gasteiger charge is -2.09. The maximum absolute atomic E-state index is 10.8. The molecule has 1 rings (SSSR count). The first kappa shape index (κ1) is 11.1. The van der Waals surface area contributed by atoms with Crippen molar-refractivity contribution in [2.75, 3.05) is 12.8 Å². The largest absolute Gasteiger partial charge is 0.494 e. The summed E-state index contributed by atoms with van der Waals surface area (Å²) < 4.78 is 5.09.